The van der Waals surface area contributed by atoms with Crippen molar-refractivity contribution in [2.24, 2.45) is 0 Å². The molecule has 1 aliphatic carbocycles. The third-order valence-corrected chi connectivity index (χ3v) is 1.15. The van der Waals surface area contributed by atoms with Gasteiger partial charge in [-0.05, 0) is 6.08 Å². The Labute approximate surface area is 48.5 Å². The van der Waals surface area contributed by atoms with Gasteiger partial charge in [0, 0.05) is 11.3 Å². The predicted octanol–water partition coefficient (Wildman–Crippen LogP) is 1.87. The molecule has 0 aliphatic heterocycles. The van der Waals surface area contributed by atoms with Crippen molar-refractivity contribution < 1.29 is 0 Å². The molecule has 0 fully saturated rings. The minimum absolute atomic E-state index is 0.950. The molecule has 0 amide bonds. The number of hydrogen-bond donors (Lipinski definition) is 0. The van der Waals surface area contributed by atoms with Gasteiger partial charge in [-0.1, -0.05) is 30.4 Å². The summed E-state index contributed by atoms with van der Waals surface area (Å²) in [6.45, 7) is 0. The second-order valence-corrected chi connectivity index (χ2v) is 1.98. The van der Waals surface area contributed by atoms with Gasteiger partial charge in [-0.3, -0.25) is 0 Å². The second-order valence-electron chi connectivity index (χ2n) is 1.46. The maximum atomic E-state index is 4.87. The molecule has 0 bridgehead atoms. The third-order valence-electron chi connectivity index (χ3n) is 0.848. The summed E-state index contributed by atoms with van der Waals surface area (Å²) in [7, 11) is 0. The lowest BCUT2D eigenvalue weighted by molar-refractivity contribution is 1.50. The molecule has 0 heterocycles. The molecule has 0 N–H and O–H groups in total. The molecule has 0 radical (unpaired) electrons. The molecule has 0 aromatic rings. The van der Waals surface area contributed by atoms with E-state index in [-0.39, 0.29) is 0 Å². The van der Waals surface area contributed by atoms with E-state index in [1.807, 2.05) is 18.2 Å². The fraction of sp³-hybridized carbons (Fsp3) is 0.167. The molecule has 0 atom stereocenters. The van der Waals surface area contributed by atoms with Crippen molar-refractivity contribution >= 4 is 17.1 Å². The smallest absolute Gasteiger partial charge is 0.0190 e. The lowest BCUT2D eigenvalue weighted by Gasteiger charge is -1.92. The molecule has 0 unspecified atom stereocenters. The molecule has 1 heteroatoms. The molecule has 0 aromatic carbocycles. The first kappa shape index (κ1) is 4.72. The van der Waals surface area contributed by atoms with E-state index in [0.29, 0.717) is 0 Å². The number of hydrogen-bond acceptors (Lipinski definition) is 1. The Bertz CT molecular complexity index is 131. The minimum atomic E-state index is 0.950. The molecule has 0 nitrogen and oxygen atoms in total. The zero-order chi connectivity index (χ0) is 5.11. The van der Waals surface area contributed by atoms with E-state index in [2.05, 4.69) is 6.08 Å². The summed E-state index contributed by atoms with van der Waals surface area (Å²) >= 11 is 4.87. The highest BCUT2D eigenvalue weighted by Gasteiger charge is 1.87. The van der Waals surface area contributed by atoms with Gasteiger partial charge in [-0.25, -0.2) is 0 Å². The van der Waals surface area contributed by atoms with Gasteiger partial charge in [0.1, 0.15) is 0 Å². The van der Waals surface area contributed by atoms with Gasteiger partial charge in [-0.15, -0.1) is 0 Å². The Balaban J connectivity index is 2.66. The average Bonchev–Trinajstić information content (AvgIpc) is 1.69. The van der Waals surface area contributed by atoms with E-state index in [0.717, 1.165) is 11.3 Å². The van der Waals surface area contributed by atoms with Crippen LogP contribution in [0.5, 0.6) is 0 Å². The molecule has 0 aromatic heterocycles. The van der Waals surface area contributed by atoms with Crippen LogP contribution in [0.4, 0.5) is 0 Å². The number of thiocarbonyl (C=S) groups is 1. The summed E-state index contributed by atoms with van der Waals surface area (Å²) in [6.07, 6.45) is 8.94. The van der Waals surface area contributed by atoms with Gasteiger partial charge < -0.3 is 0 Å². The van der Waals surface area contributed by atoms with Crippen LogP contribution in [0.3, 0.4) is 0 Å². The number of allylic oxidation sites excluding steroid dienone is 4. The lowest BCUT2D eigenvalue weighted by Crippen LogP contribution is -1.86. The van der Waals surface area contributed by atoms with Crippen LogP contribution in [0.25, 0.3) is 0 Å². The molecule has 0 saturated heterocycles. The lowest BCUT2D eigenvalue weighted by atomic mass is 10.2. The summed E-state index contributed by atoms with van der Waals surface area (Å²) in [5, 5.41) is 0. The molecule has 7 heavy (non-hydrogen) atoms. The Kier molecular flexibility index (Phi) is 1.37. The van der Waals surface area contributed by atoms with Crippen LogP contribution >= 0.6 is 12.2 Å². The first-order valence-electron chi connectivity index (χ1n) is 2.25. The van der Waals surface area contributed by atoms with E-state index in [1.54, 1.807) is 0 Å². The average molecular weight is 110 g/mol. The van der Waals surface area contributed by atoms with Crippen LogP contribution in [-0.4, -0.2) is 4.86 Å². The maximum Gasteiger partial charge on any atom is 0.0190 e. The molecular formula is C6H6S. The van der Waals surface area contributed by atoms with Crippen molar-refractivity contribution in [2.45, 2.75) is 6.42 Å². The maximum absolute atomic E-state index is 4.87. The third kappa shape index (κ3) is 1.24. The predicted molar refractivity (Wildman–Crippen MR) is 35.5 cm³/mol. The van der Waals surface area contributed by atoms with Gasteiger partial charge >= 0.3 is 0 Å². The van der Waals surface area contributed by atoms with Crippen LogP contribution in [0.1, 0.15) is 6.42 Å². The Hall–Kier alpha value is -0.430. The van der Waals surface area contributed by atoms with Gasteiger partial charge in [0.15, 0.2) is 0 Å². The number of rotatable bonds is 0. The summed E-state index contributed by atoms with van der Waals surface area (Å²) < 4.78 is 0. The van der Waals surface area contributed by atoms with E-state index in [1.165, 1.54) is 0 Å². The highest BCUT2D eigenvalue weighted by Crippen LogP contribution is 1.97. The highest BCUT2D eigenvalue weighted by molar-refractivity contribution is 7.80. The molecule has 36 valence electrons. The molecule has 1 aliphatic rings. The van der Waals surface area contributed by atoms with E-state index in [9.17, 15) is 0 Å². The Morgan fingerprint density at radius 3 is 2.57 bits per heavy atom. The normalized spacial score (nSPS) is 18.0. The van der Waals surface area contributed by atoms with Gasteiger partial charge in [0.2, 0.25) is 0 Å². The SMILES string of the molecule is S=C1C=CC=CC1. The van der Waals surface area contributed by atoms with Gasteiger partial charge in [0.25, 0.3) is 0 Å². The monoisotopic (exact) mass is 110 g/mol. The van der Waals surface area contributed by atoms with E-state index >= 15 is 0 Å². The fourth-order valence-electron chi connectivity index (χ4n) is 0.494. The fourth-order valence-corrected chi connectivity index (χ4v) is 0.668. The van der Waals surface area contributed by atoms with Crippen molar-refractivity contribution in [3.63, 3.8) is 0 Å². The van der Waals surface area contributed by atoms with Gasteiger partial charge in [0.05, 0.1) is 0 Å². The van der Waals surface area contributed by atoms with Crippen LogP contribution in [0, 0.1) is 0 Å². The van der Waals surface area contributed by atoms with Gasteiger partial charge in [-0.2, -0.15) is 0 Å². The van der Waals surface area contributed by atoms with Crippen molar-refractivity contribution in [3.8, 4) is 0 Å². The van der Waals surface area contributed by atoms with Crippen molar-refractivity contribution in [1.82, 2.24) is 0 Å². The largest absolute Gasteiger partial charge is 0.0846 e. The Morgan fingerprint density at radius 2 is 2.29 bits per heavy atom. The van der Waals surface area contributed by atoms with E-state index < -0.39 is 0 Å². The van der Waals surface area contributed by atoms with Crippen molar-refractivity contribution in [1.29, 1.82) is 0 Å². The summed E-state index contributed by atoms with van der Waals surface area (Å²) in [5.74, 6) is 0. The zero-order valence-electron chi connectivity index (χ0n) is 3.92. The molecule has 0 spiro atoms. The quantitative estimate of drug-likeness (QED) is 0.429. The highest BCUT2D eigenvalue weighted by atomic mass is 32.1. The standard InChI is InChI=1S/C6H6S/c7-6-4-2-1-3-5-6/h1-4H,5H2. The first-order valence-corrected chi connectivity index (χ1v) is 2.66. The molecular weight excluding hydrogens is 104 g/mol. The molecule has 1 rings (SSSR count). The summed E-state index contributed by atoms with van der Waals surface area (Å²) in [6, 6.07) is 0. The van der Waals surface area contributed by atoms with Crippen LogP contribution in [-0.2, 0) is 0 Å². The van der Waals surface area contributed by atoms with E-state index in [4.69, 9.17) is 12.2 Å². The summed E-state index contributed by atoms with van der Waals surface area (Å²) in [4.78, 5) is 1.03. The van der Waals surface area contributed by atoms with Crippen LogP contribution < -0.4 is 0 Å². The van der Waals surface area contributed by atoms with Crippen LogP contribution in [0.2, 0.25) is 0 Å². The molecule has 0 saturated carbocycles. The minimum Gasteiger partial charge on any atom is -0.0846 e. The van der Waals surface area contributed by atoms with Crippen molar-refractivity contribution in [3.05, 3.63) is 24.3 Å². The zero-order valence-corrected chi connectivity index (χ0v) is 4.74. The topological polar surface area (TPSA) is 0 Å². The second kappa shape index (κ2) is 2.03. The first-order chi connectivity index (χ1) is 3.39. The Morgan fingerprint density at radius 1 is 1.43 bits per heavy atom. The van der Waals surface area contributed by atoms with Crippen LogP contribution in [0.15, 0.2) is 24.3 Å². The summed E-state index contributed by atoms with van der Waals surface area (Å²) in [5.41, 5.74) is 0. The van der Waals surface area contributed by atoms with Crippen molar-refractivity contribution in [2.75, 3.05) is 0 Å².